The Hall–Kier alpha value is -1.22. The predicted molar refractivity (Wildman–Crippen MR) is 92.2 cm³/mol. The minimum absolute atomic E-state index is 0.143. The largest absolute Gasteiger partial charge is 0.377 e. The summed E-state index contributed by atoms with van der Waals surface area (Å²) in [6.07, 6.45) is 8.39. The molecule has 0 aromatic rings. The number of ketones is 2. The molecule has 3 fully saturated rings. The minimum Gasteiger partial charge on any atom is -0.377 e. The average molecular weight is 328 g/mol. The van der Waals surface area contributed by atoms with E-state index in [9.17, 15) is 14.7 Å². The predicted octanol–water partition coefficient (Wildman–Crippen LogP) is 3.61. The Bertz CT molecular complexity index is 660. The van der Waals surface area contributed by atoms with Crippen molar-refractivity contribution in [1.82, 2.24) is 0 Å². The smallest absolute Gasteiger partial charge is 0.166 e. The summed E-state index contributed by atoms with van der Waals surface area (Å²) in [6.45, 7) is 7.73. The highest BCUT2D eigenvalue weighted by molar-refractivity contribution is 5.91. The molecule has 0 aromatic heterocycles. The number of aliphatic hydroxyl groups is 1. The number of hydrogen-bond donors (Lipinski definition) is 1. The number of rotatable bonds is 1. The molecule has 0 amide bonds. The Morgan fingerprint density at radius 3 is 2.71 bits per heavy atom. The van der Waals surface area contributed by atoms with E-state index in [1.54, 1.807) is 0 Å². The van der Waals surface area contributed by atoms with E-state index < -0.39 is 5.60 Å². The third-order valence-corrected chi connectivity index (χ3v) is 8.00. The van der Waals surface area contributed by atoms with E-state index >= 15 is 0 Å². The molecular formula is C21H28O3. The van der Waals surface area contributed by atoms with E-state index in [1.165, 1.54) is 12.5 Å². The summed E-state index contributed by atoms with van der Waals surface area (Å²) in [5.74, 6) is 2.20. The summed E-state index contributed by atoms with van der Waals surface area (Å²) >= 11 is 0. The van der Waals surface area contributed by atoms with Crippen molar-refractivity contribution in [3.05, 3.63) is 23.8 Å². The van der Waals surface area contributed by atoms with Crippen LogP contribution in [0.5, 0.6) is 0 Å². The van der Waals surface area contributed by atoms with Crippen LogP contribution in [0.1, 0.15) is 58.8 Å². The third kappa shape index (κ3) is 1.88. The van der Waals surface area contributed by atoms with Gasteiger partial charge in [-0.15, -0.1) is 0 Å². The van der Waals surface area contributed by atoms with Crippen molar-refractivity contribution >= 4 is 11.6 Å². The molecule has 3 saturated carbocycles. The van der Waals surface area contributed by atoms with Gasteiger partial charge in [0.1, 0.15) is 5.60 Å². The van der Waals surface area contributed by atoms with Crippen molar-refractivity contribution in [3.8, 4) is 0 Å². The van der Waals surface area contributed by atoms with Crippen LogP contribution >= 0.6 is 0 Å². The molecule has 0 aliphatic heterocycles. The van der Waals surface area contributed by atoms with E-state index in [4.69, 9.17) is 0 Å². The highest BCUT2D eigenvalue weighted by atomic mass is 16.3. The fourth-order valence-electron chi connectivity index (χ4n) is 6.79. The van der Waals surface area contributed by atoms with Gasteiger partial charge >= 0.3 is 0 Å². The molecular weight excluding hydrogens is 300 g/mol. The molecule has 0 bridgehead atoms. The Morgan fingerprint density at radius 2 is 2.00 bits per heavy atom. The summed E-state index contributed by atoms with van der Waals surface area (Å²) in [4.78, 5) is 24.1. The summed E-state index contributed by atoms with van der Waals surface area (Å²) in [7, 11) is 0. The van der Waals surface area contributed by atoms with Crippen LogP contribution < -0.4 is 0 Å². The summed E-state index contributed by atoms with van der Waals surface area (Å²) in [5, 5.41) is 11.2. The van der Waals surface area contributed by atoms with Crippen molar-refractivity contribution in [2.75, 3.05) is 0 Å². The molecule has 1 N–H and O–H groups in total. The minimum atomic E-state index is -1.35. The number of hydrogen-bond acceptors (Lipinski definition) is 3. The van der Waals surface area contributed by atoms with Crippen molar-refractivity contribution in [2.24, 2.45) is 29.1 Å². The molecule has 0 aromatic carbocycles. The summed E-state index contributed by atoms with van der Waals surface area (Å²) in [6, 6.07) is 0. The lowest BCUT2D eigenvalue weighted by atomic mass is 9.50. The van der Waals surface area contributed by atoms with Gasteiger partial charge in [-0.2, -0.15) is 0 Å². The van der Waals surface area contributed by atoms with E-state index in [2.05, 4.69) is 13.5 Å². The normalized spacial score (nSPS) is 47.5. The van der Waals surface area contributed by atoms with E-state index in [0.717, 1.165) is 44.1 Å². The Labute approximate surface area is 144 Å². The zero-order chi connectivity index (χ0) is 17.3. The molecule has 4 aliphatic carbocycles. The van der Waals surface area contributed by atoms with Crippen molar-refractivity contribution in [1.29, 1.82) is 0 Å². The van der Waals surface area contributed by atoms with E-state index in [1.807, 2.05) is 6.08 Å². The van der Waals surface area contributed by atoms with Crippen LogP contribution in [-0.4, -0.2) is 22.3 Å². The Kier molecular flexibility index (Phi) is 3.48. The SMILES string of the molecule is C=C1C[C@H]2[C@@H]3CCC4=CC(=O)CCC4[C@H]3CC[C@]2(C)[C@@]1(O)C(C)=O. The zero-order valence-corrected chi connectivity index (χ0v) is 14.8. The maximum Gasteiger partial charge on any atom is 0.166 e. The maximum atomic E-state index is 12.3. The van der Waals surface area contributed by atoms with Crippen LogP contribution in [-0.2, 0) is 9.59 Å². The first-order valence-electron chi connectivity index (χ1n) is 9.44. The lowest BCUT2D eigenvalue weighted by Gasteiger charge is -2.55. The van der Waals surface area contributed by atoms with Crippen LogP contribution in [0.3, 0.4) is 0 Å². The van der Waals surface area contributed by atoms with Gasteiger partial charge < -0.3 is 5.11 Å². The number of Topliss-reactive ketones (excluding diaryl/α,β-unsaturated/α-hetero) is 1. The van der Waals surface area contributed by atoms with Crippen LogP contribution in [0, 0.1) is 29.1 Å². The molecule has 130 valence electrons. The van der Waals surface area contributed by atoms with Gasteiger partial charge in [0.05, 0.1) is 0 Å². The van der Waals surface area contributed by atoms with Crippen LogP contribution in [0.2, 0.25) is 0 Å². The number of carbonyl (C=O) groups is 2. The van der Waals surface area contributed by atoms with Gasteiger partial charge in [0.15, 0.2) is 11.6 Å². The molecule has 6 atom stereocenters. The molecule has 0 spiro atoms. The van der Waals surface area contributed by atoms with Crippen molar-refractivity contribution in [2.45, 2.75) is 64.4 Å². The second-order valence-corrected chi connectivity index (χ2v) is 8.83. The number of allylic oxidation sites excluding steroid dienone is 1. The van der Waals surface area contributed by atoms with Gasteiger partial charge in [0, 0.05) is 11.8 Å². The van der Waals surface area contributed by atoms with E-state index in [0.29, 0.717) is 35.9 Å². The van der Waals surface area contributed by atoms with Gasteiger partial charge in [0.2, 0.25) is 0 Å². The Balaban J connectivity index is 1.69. The summed E-state index contributed by atoms with van der Waals surface area (Å²) in [5.41, 5.74) is 0.377. The topological polar surface area (TPSA) is 54.4 Å². The highest BCUT2D eigenvalue weighted by Gasteiger charge is 2.65. The molecule has 1 unspecified atom stereocenters. The third-order valence-electron chi connectivity index (χ3n) is 8.00. The van der Waals surface area contributed by atoms with Crippen LogP contribution in [0.15, 0.2) is 23.8 Å². The second-order valence-electron chi connectivity index (χ2n) is 8.83. The van der Waals surface area contributed by atoms with Crippen LogP contribution in [0.4, 0.5) is 0 Å². The lowest BCUT2D eigenvalue weighted by molar-refractivity contribution is -0.152. The number of carbonyl (C=O) groups excluding carboxylic acids is 2. The quantitative estimate of drug-likeness (QED) is 0.748. The molecule has 3 heteroatoms. The van der Waals surface area contributed by atoms with E-state index in [-0.39, 0.29) is 11.2 Å². The molecule has 0 radical (unpaired) electrons. The fourth-order valence-corrected chi connectivity index (χ4v) is 6.79. The van der Waals surface area contributed by atoms with Gasteiger partial charge in [-0.25, -0.2) is 0 Å². The maximum absolute atomic E-state index is 12.3. The molecule has 0 saturated heterocycles. The monoisotopic (exact) mass is 328 g/mol. The molecule has 4 rings (SSSR count). The first-order chi connectivity index (χ1) is 11.3. The molecule has 24 heavy (non-hydrogen) atoms. The van der Waals surface area contributed by atoms with Crippen molar-refractivity contribution in [3.63, 3.8) is 0 Å². The van der Waals surface area contributed by atoms with Gasteiger partial charge in [-0.05, 0) is 80.8 Å². The molecule has 4 aliphatic rings. The number of fused-ring (bicyclic) bond motifs is 5. The van der Waals surface area contributed by atoms with Gasteiger partial charge in [-0.3, -0.25) is 9.59 Å². The standard InChI is InChI=1S/C21H28O3/c1-12-10-19-18-6-4-14-11-15(23)5-7-16(14)17(18)8-9-20(19,3)21(12,24)13(2)22/h11,16-19,24H,1,4-10H2,2-3H3/t16?,17-,18-,19+,20+,21+/m1/s1. The van der Waals surface area contributed by atoms with Crippen LogP contribution in [0.25, 0.3) is 0 Å². The Morgan fingerprint density at radius 1 is 1.25 bits per heavy atom. The average Bonchev–Trinajstić information content (AvgIpc) is 2.75. The lowest BCUT2D eigenvalue weighted by Crippen LogP contribution is -2.56. The first kappa shape index (κ1) is 16.3. The first-order valence-corrected chi connectivity index (χ1v) is 9.44. The second kappa shape index (κ2) is 5.14. The highest BCUT2D eigenvalue weighted by Crippen LogP contribution is 2.66. The molecule has 3 nitrogen and oxygen atoms in total. The van der Waals surface area contributed by atoms with Gasteiger partial charge in [-0.1, -0.05) is 19.1 Å². The molecule has 0 heterocycles. The van der Waals surface area contributed by atoms with Crippen molar-refractivity contribution < 1.29 is 14.7 Å². The summed E-state index contributed by atoms with van der Waals surface area (Å²) < 4.78 is 0. The fraction of sp³-hybridized carbons (Fsp3) is 0.714. The zero-order valence-electron chi connectivity index (χ0n) is 14.8. The van der Waals surface area contributed by atoms with Gasteiger partial charge in [0.25, 0.3) is 0 Å².